The minimum absolute atomic E-state index is 0.209. The van der Waals surface area contributed by atoms with Crippen molar-refractivity contribution in [1.82, 2.24) is 9.97 Å². The monoisotopic (exact) mass is 309 g/mol. The highest BCUT2D eigenvalue weighted by atomic mass is 32.1. The number of rotatable bonds is 8. The molecule has 2 aromatic heterocycles. The Labute approximate surface area is 127 Å². The molecule has 0 radical (unpaired) electrons. The number of carbonyl (C=O) groups is 1. The van der Waals surface area contributed by atoms with Crippen LogP contribution in [0.3, 0.4) is 0 Å². The molecule has 21 heavy (non-hydrogen) atoms. The first-order valence-electron chi connectivity index (χ1n) is 6.80. The maximum atomic E-state index is 12.0. The van der Waals surface area contributed by atoms with Crippen LogP contribution in [-0.4, -0.2) is 41.8 Å². The van der Waals surface area contributed by atoms with Crippen LogP contribution in [0.2, 0.25) is 0 Å². The molecule has 2 heterocycles. The summed E-state index contributed by atoms with van der Waals surface area (Å²) in [5.74, 6) is -0.209. The summed E-state index contributed by atoms with van der Waals surface area (Å²) in [6.07, 6.45) is 1.30. The molecule has 2 aromatic rings. The molecule has 0 saturated carbocycles. The highest BCUT2D eigenvalue weighted by Gasteiger charge is 2.15. The van der Waals surface area contributed by atoms with Crippen LogP contribution in [0.15, 0.2) is 23.7 Å². The zero-order chi connectivity index (χ0) is 15.1. The van der Waals surface area contributed by atoms with Gasteiger partial charge in [0.15, 0.2) is 5.13 Å². The SMILES string of the molecule is CCOCCOC(C)C(=O)Nc1nc(-c2ccc[nH]2)cs1. The molecule has 1 atom stereocenters. The summed E-state index contributed by atoms with van der Waals surface area (Å²) in [5, 5.41) is 5.20. The summed E-state index contributed by atoms with van der Waals surface area (Å²) in [6, 6.07) is 3.83. The van der Waals surface area contributed by atoms with Gasteiger partial charge in [-0.3, -0.25) is 10.1 Å². The number of H-pyrrole nitrogens is 1. The van der Waals surface area contributed by atoms with Gasteiger partial charge in [-0.25, -0.2) is 4.98 Å². The van der Waals surface area contributed by atoms with Crippen LogP contribution in [0.4, 0.5) is 5.13 Å². The fraction of sp³-hybridized carbons (Fsp3) is 0.429. The van der Waals surface area contributed by atoms with Crippen LogP contribution in [0.25, 0.3) is 11.4 Å². The van der Waals surface area contributed by atoms with Crippen molar-refractivity contribution in [2.75, 3.05) is 25.1 Å². The maximum Gasteiger partial charge on any atom is 0.254 e. The minimum atomic E-state index is -0.539. The van der Waals surface area contributed by atoms with Gasteiger partial charge in [0, 0.05) is 18.2 Å². The van der Waals surface area contributed by atoms with Gasteiger partial charge in [0.1, 0.15) is 6.10 Å². The predicted octanol–water partition coefficient (Wildman–Crippen LogP) is 2.52. The van der Waals surface area contributed by atoms with E-state index in [0.717, 1.165) is 11.4 Å². The van der Waals surface area contributed by atoms with Crippen LogP contribution in [-0.2, 0) is 14.3 Å². The lowest BCUT2D eigenvalue weighted by Crippen LogP contribution is -2.28. The largest absolute Gasteiger partial charge is 0.379 e. The van der Waals surface area contributed by atoms with Crippen molar-refractivity contribution in [3.63, 3.8) is 0 Å². The standard InChI is InChI=1S/C14H19N3O3S/c1-3-19-7-8-20-10(2)13(18)17-14-16-12(9-21-14)11-5-4-6-15-11/h4-6,9-10,15H,3,7-8H2,1-2H3,(H,16,17,18). The molecule has 0 aromatic carbocycles. The van der Waals surface area contributed by atoms with Crippen LogP contribution in [0.5, 0.6) is 0 Å². The quantitative estimate of drug-likeness (QED) is 0.735. The lowest BCUT2D eigenvalue weighted by Gasteiger charge is -2.11. The second-order valence-electron chi connectivity index (χ2n) is 4.32. The molecule has 0 fully saturated rings. The number of nitrogens with zero attached hydrogens (tertiary/aromatic N) is 1. The van der Waals surface area contributed by atoms with Crippen molar-refractivity contribution in [2.24, 2.45) is 0 Å². The van der Waals surface area contributed by atoms with Crippen LogP contribution in [0, 0.1) is 0 Å². The van der Waals surface area contributed by atoms with Crippen molar-refractivity contribution >= 4 is 22.4 Å². The van der Waals surface area contributed by atoms with Crippen molar-refractivity contribution in [3.05, 3.63) is 23.7 Å². The van der Waals surface area contributed by atoms with E-state index in [1.54, 1.807) is 6.92 Å². The number of hydrogen-bond donors (Lipinski definition) is 2. The summed E-state index contributed by atoms with van der Waals surface area (Å²) < 4.78 is 10.5. The third-order valence-corrected chi connectivity index (χ3v) is 3.53. The van der Waals surface area contributed by atoms with Gasteiger partial charge < -0.3 is 14.5 Å². The Hall–Kier alpha value is -1.70. The van der Waals surface area contributed by atoms with Gasteiger partial charge in [0.25, 0.3) is 5.91 Å². The number of nitrogens with one attached hydrogen (secondary N) is 2. The number of amides is 1. The maximum absolute atomic E-state index is 12.0. The van der Waals surface area contributed by atoms with Crippen molar-refractivity contribution in [3.8, 4) is 11.4 Å². The van der Waals surface area contributed by atoms with Gasteiger partial charge in [-0.2, -0.15) is 0 Å². The Kier molecular flexibility index (Phi) is 5.91. The fourth-order valence-corrected chi connectivity index (χ4v) is 2.37. The summed E-state index contributed by atoms with van der Waals surface area (Å²) in [7, 11) is 0. The highest BCUT2D eigenvalue weighted by Crippen LogP contribution is 2.23. The lowest BCUT2D eigenvalue weighted by atomic mass is 10.3. The third kappa shape index (κ3) is 4.66. The molecule has 0 bridgehead atoms. The van der Waals surface area contributed by atoms with E-state index in [4.69, 9.17) is 9.47 Å². The van der Waals surface area contributed by atoms with Gasteiger partial charge >= 0.3 is 0 Å². The number of hydrogen-bond acceptors (Lipinski definition) is 5. The Balaban J connectivity index is 1.82. The Morgan fingerprint density at radius 1 is 1.52 bits per heavy atom. The Morgan fingerprint density at radius 2 is 2.38 bits per heavy atom. The van der Waals surface area contributed by atoms with Gasteiger partial charge in [-0.05, 0) is 26.0 Å². The van der Waals surface area contributed by atoms with Gasteiger partial charge in [0.05, 0.1) is 24.6 Å². The summed E-state index contributed by atoms with van der Waals surface area (Å²) in [4.78, 5) is 19.4. The molecule has 1 unspecified atom stereocenters. The summed E-state index contributed by atoms with van der Waals surface area (Å²) in [5.41, 5.74) is 1.73. The molecule has 6 nitrogen and oxygen atoms in total. The highest BCUT2D eigenvalue weighted by molar-refractivity contribution is 7.14. The third-order valence-electron chi connectivity index (χ3n) is 2.78. The van der Waals surface area contributed by atoms with E-state index in [1.807, 2.05) is 30.6 Å². The van der Waals surface area contributed by atoms with Gasteiger partial charge in [-0.1, -0.05) is 0 Å². The van der Waals surface area contributed by atoms with E-state index in [9.17, 15) is 4.79 Å². The van der Waals surface area contributed by atoms with E-state index in [0.29, 0.717) is 25.0 Å². The van der Waals surface area contributed by atoms with E-state index in [1.165, 1.54) is 11.3 Å². The van der Waals surface area contributed by atoms with Crippen molar-refractivity contribution in [2.45, 2.75) is 20.0 Å². The van der Waals surface area contributed by atoms with Crippen molar-refractivity contribution in [1.29, 1.82) is 0 Å². The van der Waals surface area contributed by atoms with Crippen LogP contribution < -0.4 is 5.32 Å². The molecular formula is C14H19N3O3S. The van der Waals surface area contributed by atoms with Crippen LogP contribution >= 0.6 is 11.3 Å². The Bertz CT molecular complexity index is 554. The molecule has 0 aliphatic heterocycles. The number of ether oxygens (including phenoxy) is 2. The second kappa shape index (κ2) is 7.92. The molecule has 1 amide bonds. The number of aromatic nitrogens is 2. The molecule has 2 rings (SSSR count). The summed E-state index contributed by atoms with van der Waals surface area (Å²) >= 11 is 1.38. The van der Waals surface area contributed by atoms with E-state index >= 15 is 0 Å². The topological polar surface area (TPSA) is 76.2 Å². The average Bonchev–Trinajstić information content (AvgIpc) is 3.13. The summed E-state index contributed by atoms with van der Waals surface area (Å²) in [6.45, 7) is 5.15. The predicted molar refractivity (Wildman–Crippen MR) is 82.4 cm³/mol. The number of aromatic amines is 1. The average molecular weight is 309 g/mol. The van der Waals surface area contributed by atoms with Crippen LogP contribution in [0.1, 0.15) is 13.8 Å². The smallest absolute Gasteiger partial charge is 0.254 e. The van der Waals surface area contributed by atoms with E-state index < -0.39 is 6.10 Å². The van der Waals surface area contributed by atoms with Gasteiger partial charge in [0.2, 0.25) is 0 Å². The zero-order valence-electron chi connectivity index (χ0n) is 12.1. The number of thiazole rings is 1. The first-order valence-corrected chi connectivity index (χ1v) is 7.68. The molecular weight excluding hydrogens is 290 g/mol. The minimum Gasteiger partial charge on any atom is -0.379 e. The molecule has 114 valence electrons. The first kappa shape index (κ1) is 15.7. The molecule has 7 heteroatoms. The molecule has 0 aliphatic rings. The van der Waals surface area contributed by atoms with Crippen molar-refractivity contribution < 1.29 is 14.3 Å². The second-order valence-corrected chi connectivity index (χ2v) is 5.18. The molecule has 0 spiro atoms. The Morgan fingerprint density at radius 3 is 3.10 bits per heavy atom. The normalized spacial score (nSPS) is 12.3. The lowest BCUT2D eigenvalue weighted by molar-refractivity contribution is -0.127. The number of carbonyl (C=O) groups excluding carboxylic acids is 1. The number of anilines is 1. The molecule has 0 saturated heterocycles. The molecule has 2 N–H and O–H groups in total. The zero-order valence-corrected chi connectivity index (χ0v) is 12.9. The fourth-order valence-electron chi connectivity index (χ4n) is 1.66. The van der Waals surface area contributed by atoms with E-state index in [-0.39, 0.29) is 5.91 Å². The van der Waals surface area contributed by atoms with Gasteiger partial charge in [-0.15, -0.1) is 11.3 Å². The molecule has 0 aliphatic carbocycles. The van der Waals surface area contributed by atoms with E-state index in [2.05, 4.69) is 15.3 Å². The first-order chi connectivity index (χ1) is 10.2.